The van der Waals surface area contributed by atoms with Gasteiger partial charge in [0.2, 0.25) is 0 Å². The van der Waals surface area contributed by atoms with Crippen LogP contribution < -0.4 is 11.1 Å². The van der Waals surface area contributed by atoms with Gasteiger partial charge in [-0.2, -0.15) is 0 Å². The van der Waals surface area contributed by atoms with Crippen molar-refractivity contribution >= 4 is 23.1 Å². The molecule has 1 unspecified atom stereocenters. The summed E-state index contributed by atoms with van der Waals surface area (Å²) in [4.78, 5) is 12.1. The van der Waals surface area contributed by atoms with Gasteiger partial charge in [0, 0.05) is 18.5 Å². The molecule has 0 aliphatic heterocycles. The monoisotopic (exact) mass is 252 g/mol. The van der Waals surface area contributed by atoms with Crippen molar-refractivity contribution in [2.24, 2.45) is 5.73 Å². The largest absolute Gasteiger partial charge is 0.393 e. The van der Waals surface area contributed by atoms with Gasteiger partial charge in [0.1, 0.15) is 0 Å². The standard InChI is InChI=1S/C12H16N2O2S/c1-8(15)7-14-12(16)10-4-2-3-9(5-10)6-11(13)17/h2-5,8,15H,6-7H2,1H3,(H2,13,17)(H,14,16). The lowest BCUT2D eigenvalue weighted by Crippen LogP contribution is -2.30. The number of carbonyl (C=O) groups is 1. The Kier molecular flexibility index (Phi) is 5.06. The smallest absolute Gasteiger partial charge is 0.251 e. The summed E-state index contributed by atoms with van der Waals surface area (Å²) in [5.41, 5.74) is 6.89. The first kappa shape index (κ1) is 13.6. The highest BCUT2D eigenvalue weighted by Gasteiger charge is 2.07. The van der Waals surface area contributed by atoms with Crippen molar-refractivity contribution < 1.29 is 9.90 Å². The van der Waals surface area contributed by atoms with Gasteiger partial charge in [0.15, 0.2) is 0 Å². The van der Waals surface area contributed by atoms with E-state index in [4.69, 9.17) is 23.1 Å². The summed E-state index contributed by atoms with van der Waals surface area (Å²) < 4.78 is 0. The van der Waals surface area contributed by atoms with E-state index in [-0.39, 0.29) is 12.5 Å². The number of aliphatic hydroxyl groups is 1. The summed E-state index contributed by atoms with van der Waals surface area (Å²) >= 11 is 4.82. The summed E-state index contributed by atoms with van der Waals surface area (Å²) in [7, 11) is 0. The van der Waals surface area contributed by atoms with Crippen LogP contribution in [-0.4, -0.2) is 28.7 Å². The quantitative estimate of drug-likeness (QED) is 0.672. The van der Waals surface area contributed by atoms with Crippen LogP contribution in [0.25, 0.3) is 0 Å². The fourth-order valence-corrected chi connectivity index (χ4v) is 1.53. The molecule has 17 heavy (non-hydrogen) atoms. The van der Waals surface area contributed by atoms with E-state index in [0.717, 1.165) is 5.56 Å². The van der Waals surface area contributed by atoms with E-state index in [0.29, 0.717) is 17.0 Å². The minimum absolute atomic E-state index is 0.212. The van der Waals surface area contributed by atoms with Crippen LogP contribution in [0.4, 0.5) is 0 Å². The summed E-state index contributed by atoms with van der Waals surface area (Å²) in [6.07, 6.45) is -0.0777. The van der Waals surface area contributed by atoms with Gasteiger partial charge in [-0.1, -0.05) is 24.4 Å². The van der Waals surface area contributed by atoms with Gasteiger partial charge in [-0.05, 0) is 24.6 Å². The van der Waals surface area contributed by atoms with Crippen molar-refractivity contribution in [2.75, 3.05) is 6.54 Å². The Morgan fingerprint density at radius 1 is 1.59 bits per heavy atom. The number of rotatable bonds is 5. The number of hydrogen-bond donors (Lipinski definition) is 3. The molecule has 1 atom stereocenters. The average molecular weight is 252 g/mol. The van der Waals surface area contributed by atoms with E-state index >= 15 is 0 Å². The van der Waals surface area contributed by atoms with E-state index in [1.54, 1.807) is 25.1 Å². The summed E-state index contributed by atoms with van der Waals surface area (Å²) in [6, 6.07) is 7.10. The van der Waals surface area contributed by atoms with Crippen LogP contribution in [0.3, 0.4) is 0 Å². The molecule has 0 bridgehead atoms. The van der Waals surface area contributed by atoms with Crippen LogP contribution in [0, 0.1) is 0 Å². The summed E-state index contributed by atoms with van der Waals surface area (Å²) in [5, 5.41) is 11.7. The first-order valence-corrected chi connectivity index (χ1v) is 5.73. The molecule has 1 aromatic carbocycles. The van der Waals surface area contributed by atoms with E-state index in [1.165, 1.54) is 0 Å². The van der Waals surface area contributed by atoms with Crippen LogP contribution in [0.5, 0.6) is 0 Å². The van der Waals surface area contributed by atoms with Gasteiger partial charge in [-0.25, -0.2) is 0 Å². The first-order valence-electron chi connectivity index (χ1n) is 5.32. The van der Waals surface area contributed by atoms with Gasteiger partial charge in [-0.15, -0.1) is 0 Å². The zero-order valence-electron chi connectivity index (χ0n) is 9.64. The highest BCUT2D eigenvalue weighted by Crippen LogP contribution is 2.06. The molecule has 0 fully saturated rings. The molecule has 0 aromatic heterocycles. The predicted molar refractivity (Wildman–Crippen MR) is 70.9 cm³/mol. The normalized spacial score (nSPS) is 11.9. The molecule has 1 rings (SSSR count). The number of hydrogen-bond acceptors (Lipinski definition) is 3. The predicted octanol–water partition coefficient (Wildman–Crippen LogP) is 0.626. The number of amides is 1. The Bertz CT molecular complexity index is 419. The number of benzene rings is 1. The van der Waals surface area contributed by atoms with Crippen LogP contribution in [0.2, 0.25) is 0 Å². The van der Waals surface area contributed by atoms with E-state index in [9.17, 15) is 4.79 Å². The Labute approximate surface area is 106 Å². The molecule has 0 radical (unpaired) electrons. The Morgan fingerprint density at radius 3 is 2.88 bits per heavy atom. The maximum Gasteiger partial charge on any atom is 0.251 e. The lowest BCUT2D eigenvalue weighted by atomic mass is 10.1. The van der Waals surface area contributed by atoms with Crippen molar-refractivity contribution in [1.29, 1.82) is 0 Å². The van der Waals surface area contributed by atoms with Crippen molar-refractivity contribution in [1.82, 2.24) is 5.32 Å². The Morgan fingerprint density at radius 2 is 2.29 bits per heavy atom. The average Bonchev–Trinajstić information content (AvgIpc) is 2.25. The summed E-state index contributed by atoms with van der Waals surface area (Å²) in [6.45, 7) is 1.85. The van der Waals surface area contributed by atoms with Gasteiger partial charge < -0.3 is 16.2 Å². The van der Waals surface area contributed by atoms with E-state index in [2.05, 4.69) is 5.32 Å². The molecule has 4 nitrogen and oxygen atoms in total. The maximum absolute atomic E-state index is 11.7. The Balaban J connectivity index is 2.70. The Hall–Kier alpha value is -1.46. The second kappa shape index (κ2) is 6.32. The SMILES string of the molecule is CC(O)CNC(=O)c1cccc(CC(N)=S)c1. The van der Waals surface area contributed by atoms with Crippen molar-refractivity contribution in [3.63, 3.8) is 0 Å². The van der Waals surface area contributed by atoms with Gasteiger partial charge in [0.05, 0.1) is 11.1 Å². The molecule has 4 N–H and O–H groups in total. The van der Waals surface area contributed by atoms with E-state index in [1.807, 2.05) is 6.07 Å². The number of nitrogens with two attached hydrogens (primary N) is 1. The van der Waals surface area contributed by atoms with Crippen LogP contribution in [0.15, 0.2) is 24.3 Å². The lowest BCUT2D eigenvalue weighted by Gasteiger charge is -2.08. The van der Waals surface area contributed by atoms with Crippen molar-refractivity contribution in [3.8, 4) is 0 Å². The molecular formula is C12H16N2O2S. The topological polar surface area (TPSA) is 75.3 Å². The minimum atomic E-state index is -0.557. The van der Waals surface area contributed by atoms with E-state index < -0.39 is 6.10 Å². The molecule has 1 aromatic rings. The third-order valence-electron chi connectivity index (χ3n) is 2.13. The van der Waals surface area contributed by atoms with Crippen LogP contribution in [0.1, 0.15) is 22.8 Å². The molecule has 5 heteroatoms. The lowest BCUT2D eigenvalue weighted by molar-refractivity contribution is 0.0924. The third kappa shape index (κ3) is 4.93. The number of aliphatic hydroxyl groups excluding tert-OH is 1. The second-order valence-electron chi connectivity index (χ2n) is 3.90. The molecule has 92 valence electrons. The second-order valence-corrected chi connectivity index (χ2v) is 4.43. The van der Waals surface area contributed by atoms with Crippen molar-refractivity contribution in [3.05, 3.63) is 35.4 Å². The highest BCUT2D eigenvalue weighted by molar-refractivity contribution is 7.80. The number of carbonyl (C=O) groups excluding carboxylic acids is 1. The molecule has 0 heterocycles. The third-order valence-corrected chi connectivity index (χ3v) is 2.27. The molecule has 0 aliphatic carbocycles. The summed E-state index contributed by atoms with van der Waals surface area (Å²) in [5.74, 6) is -0.212. The van der Waals surface area contributed by atoms with Gasteiger partial charge >= 0.3 is 0 Å². The first-order chi connectivity index (χ1) is 7.99. The fourth-order valence-electron chi connectivity index (χ4n) is 1.37. The van der Waals surface area contributed by atoms with Gasteiger partial charge in [0.25, 0.3) is 5.91 Å². The molecule has 0 aliphatic rings. The highest BCUT2D eigenvalue weighted by atomic mass is 32.1. The molecule has 0 saturated carbocycles. The molecule has 0 spiro atoms. The van der Waals surface area contributed by atoms with Crippen LogP contribution >= 0.6 is 12.2 Å². The molecular weight excluding hydrogens is 236 g/mol. The zero-order valence-corrected chi connectivity index (χ0v) is 10.5. The molecule has 0 saturated heterocycles. The fraction of sp³-hybridized carbons (Fsp3) is 0.333. The number of nitrogens with one attached hydrogen (secondary N) is 1. The maximum atomic E-state index is 11.7. The molecule has 1 amide bonds. The number of thiocarbonyl (C=S) groups is 1. The zero-order chi connectivity index (χ0) is 12.8. The van der Waals surface area contributed by atoms with Crippen LogP contribution in [-0.2, 0) is 6.42 Å². The van der Waals surface area contributed by atoms with Gasteiger partial charge in [-0.3, -0.25) is 4.79 Å². The van der Waals surface area contributed by atoms with Crippen molar-refractivity contribution in [2.45, 2.75) is 19.4 Å². The minimum Gasteiger partial charge on any atom is -0.393 e.